The highest BCUT2D eigenvalue weighted by atomic mass is 16.2. The van der Waals surface area contributed by atoms with Crippen LogP contribution in [-0.4, -0.2) is 159 Å². The van der Waals surface area contributed by atoms with E-state index in [1.807, 2.05) is 0 Å². The van der Waals surface area contributed by atoms with Crippen LogP contribution in [0.15, 0.2) is 72.8 Å². The fraction of sp³-hybridized carbons (Fsp3) is 0.400. The molecule has 28 nitrogen and oxygen atoms in total. The highest BCUT2D eigenvalue weighted by Gasteiger charge is 2.28. The van der Waals surface area contributed by atoms with Gasteiger partial charge in [0, 0.05) is 50.4 Å². The molecule has 12 N–H and O–H groups in total. The number of carbonyl (C=O) groups excluding carboxylic acids is 16. The van der Waals surface area contributed by atoms with Crippen LogP contribution >= 0.6 is 0 Å². The van der Waals surface area contributed by atoms with Crippen LogP contribution in [0.3, 0.4) is 0 Å². The molecule has 12 amide bonds. The molecule has 1 aliphatic heterocycles. The fourth-order valence-electron chi connectivity index (χ4n) is 9.41. The summed E-state index contributed by atoms with van der Waals surface area (Å²) < 4.78 is 0. The molecule has 0 fully saturated rings. The largest absolute Gasteiger partial charge is 0.350 e. The Labute approximate surface area is 505 Å². The van der Waals surface area contributed by atoms with Crippen LogP contribution in [0, 0.1) is 0 Å². The second kappa shape index (κ2) is 36.5. The first-order valence-corrected chi connectivity index (χ1v) is 28.7. The van der Waals surface area contributed by atoms with Gasteiger partial charge in [-0.3, -0.25) is 76.7 Å². The average molecular weight is 1220 g/mol. The summed E-state index contributed by atoms with van der Waals surface area (Å²) in [5.74, 6) is -9.24. The third-order valence-corrected chi connectivity index (χ3v) is 14.1. The molecule has 1 heterocycles. The van der Waals surface area contributed by atoms with Crippen molar-refractivity contribution in [3.8, 4) is 0 Å². The lowest BCUT2D eigenvalue weighted by Gasteiger charge is -2.21. The normalized spacial score (nSPS) is 17.5. The Morgan fingerprint density at radius 1 is 0.375 bits per heavy atom. The molecule has 0 saturated heterocycles. The number of nitrogens with one attached hydrogen (secondary N) is 12. The molecule has 0 unspecified atom stereocenters. The van der Waals surface area contributed by atoms with Gasteiger partial charge in [-0.25, -0.2) is 0 Å². The Kier molecular flexibility index (Phi) is 28.4. The molecule has 0 radical (unpaired) electrons. The molecule has 4 aromatic rings. The van der Waals surface area contributed by atoms with Crippen molar-refractivity contribution in [2.75, 3.05) is 39.3 Å². The van der Waals surface area contributed by atoms with Crippen molar-refractivity contribution in [3.05, 3.63) is 95.1 Å². The van der Waals surface area contributed by atoms with E-state index in [0.717, 1.165) is 0 Å². The Morgan fingerprint density at radius 3 is 0.977 bits per heavy atom. The van der Waals surface area contributed by atoms with Gasteiger partial charge in [0.1, 0.15) is 24.2 Å². The number of fused-ring (bicyclic) bond motifs is 2. The maximum absolute atomic E-state index is 14.1. The summed E-state index contributed by atoms with van der Waals surface area (Å²) in [7, 11) is 0. The van der Waals surface area contributed by atoms with Gasteiger partial charge in [-0.15, -0.1) is 0 Å². The third kappa shape index (κ3) is 23.0. The minimum atomic E-state index is -1.26. The van der Waals surface area contributed by atoms with Gasteiger partial charge in [-0.2, -0.15) is 0 Å². The number of hydrogen-bond donors (Lipinski definition) is 12. The van der Waals surface area contributed by atoms with Crippen LogP contribution < -0.4 is 63.8 Å². The van der Waals surface area contributed by atoms with Gasteiger partial charge in [-0.05, 0) is 134 Å². The third-order valence-electron chi connectivity index (χ3n) is 14.1. The van der Waals surface area contributed by atoms with Gasteiger partial charge in [-0.1, -0.05) is 48.5 Å². The molecule has 4 aromatic carbocycles. The topological polar surface area (TPSA) is 417 Å². The molecule has 88 heavy (non-hydrogen) atoms. The molecule has 0 aliphatic carbocycles. The lowest BCUT2D eigenvalue weighted by molar-refractivity contribution is -0.131. The van der Waals surface area contributed by atoms with Crippen molar-refractivity contribution in [1.82, 2.24) is 63.8 Å². The van der Waals surface area contributed by atoms with Crippen LogP contribution in [-0.2, 0) is 80.2 Å². The monoisotopic (exact) mass is 1220 g/mol. The van der Waals surface area contributed by atoms with Crippen LogP contribution in [0.1, 0.15) is 109 Å². The maximum Gasteiger partial charge on any atom is 0.284 e. The predicted octanol–water partition coefficient (Wildman–Crippen LogP) is -1.72. The van der Waals surface area contributed by atoms with Crippen molar-refractivity contribution >= 4 is 118 Å². The van der Waals surface area contributed by atoms with Gasteiger partial charge in [0.05, 0.1) is 13.1 Å². The zero-order chi connectivity index (χ0) is 63.8. The first-order valence-electron chi connectivity index (χ1n) is 28.7. The summed E-state index contributed by atoms with van der Waals surface area (Å²) in [4.78, 5) is 201. The molecular formula is C60H72N12O16. The van der Waals surface area contributed by atoms with Gasteiger partial charge < -0.3 is 63.8 Å². The molecule has 5 rings (SSSR count). The number of unbranched alkanes of at least 4 members (excludes halogenated alkanes) is 4. The first-order chi connectivity index (χ1) is 42.4. The van der Waals surface area contributed by atoms with Crippen molar-refractivity contribution in [2.45, 2.75) is 114 Å². The zero-order valence-corrected chi connectivity index (χ0v) is 48.2. The highest BCUT2D eigenvalue weighted by Crippen LogP contribution is 2.23. The lowest BCUT2D eigenvalue weighted by atomic mass is 10.0. The van der Waals surface area contributed by atoms with Crippen LogP contribution in [0.4, 0.5) is 0 Å². The number of carbonyl (C=O) groups is 16. The van der Waals surface area contributed by atoms with Crippen LogP contribution in [0.2, 0.25) is 0 Å². The molecule has 468 valence electrons. The highest BCUT2D eigenvalue weighted by molar-refractivity contribution is 6.24. The second-order valence-electron chi connectivity index (χ2n) is 20.5. The fourth-order valence-corrected chi connectivity index (χ4v) is 9.41. The maximum atomic E-state index is 14.1. The van der Waals surface area contributed by atoms with E-state index in [1.54, 1.807) is 60.7 Å². The Hall–Kier alpha value is -10.3. The predicted molar refractivity (Wildman–Crippen MR) is 316 cm³/mol. The van der Waals surface area contributed by atoms with Crippen molar-refractivity contribution in [1.29, 1.82) is 0 Å². The number of rotatable bonds is 24. The van der Waals surface area contributed by atoms with Crippen molar-refractivity contribution in [3.63, 3.8) is 0 Å². The average Bonchev–Trinajstić information content (AvgIpc) is 3.52. The van der Waals surface area contributed by atoms with E-state index in [0.29, 0.717) is 45.5 Å². The molecule has 0 aromatic heterocycles. The smallest absolute Gasteiger partial charge is 0.284 e. The molecule has 4 atom stereocenters. The molecule has 4 bridgehead atoms. The molecule has 28 heteroatoms. The molecule has 1 aliphatic rings. The summed E-state index contributed by atoms with van der Waals surface area (Å²) in [5, 5.41) is 33.4. The summed E-state index contributed by atoms with van der Waals surface area (Å²) in [6.45, 7) is -1.27. The van der Waals surface area contributed by atoms with E-state index in [9.17, 15) is 76.7 Å². The Bertz CT molecular complexity index is 3030. The minimum Gasteiger partial charge on any atom is -0.350 e. The summed E-state index contributed by atoms with van der Waals surface area (Å²) in [6.07, 6.45) is 2.70. The number of hydrogen-bond acceptors (Lipinski definition) is 16. The Morgan fingerprint density at radius 2 is 0.670 bits per heavy atom. The summed E-state index contributed by atoms with van der Waals surface area (Å²) in [6, 6.07) is 14.8. The molecule has 0 saturated carbocycles. The van der Waals surface area contributed by atoms with E-state index >= 15 is 0 Å². The summed E-state index contributed by atoms with van der Waals surface area (Å²) >= 11 is 0. The number of aldehydes is 4. The van der Waals surface area contributed by atoms with Gasteiger partial charge in [0.15, 0.2) is 0 Å². The number of benzene rings is 4. The van der Waals surface area contributed by atoms with E-state index in [1.165, 1.54) is 12.1 Å². The van der Waals surface area contributed by atoms with Crippen LogP contribution in [0.25, 0.3) is 21.5 Å². The second-order valence-corrected chi connectivity index (χ2v) is 20.5. The lowest BCUT2D eigenvalue weighted by Crippen LogP contribution is -2.52. The van der Waals surface area contributed by atoms with E-state index < -0.39 is 108 Å². The quantitative estimate of drug-likeness (QED) is 0.0211. The van der Waals surface area contributed by atoms with E-state index in [2.05, 4.69) is 63.8 Å². The van der Waals surface area contributed by atoms with Gasteiger partial charge in [0.25, 0.3) is 35.4 Å². The standard InChI is InChI=1S/C60H72N12O16/c73-33-51(79)61-23-5-1-15-45-57(85)65-29-41-13-9-11-37-19-21-39(27-43(37)41)55(83)72-48(18-4-8-26-64-54(82)36-76)60(88)68-32-50(78)70-46(16-2-6-24-62-52(80)34-74)58(86)66-30-42-14-10-12-38-20-22-40(28-44(38)42)56(84)71-47(59(87)67-31-49(77)69-45)17-3-7-25-63-53(81)35-75/h9-14,19-22,27-28,33-36,45-48H,1-8,15-18,23-26,29-32H2,(H,61,79)(H,62,80)(H,63,81)(H,64,82)(H,65,85)(H,66,86)(H,67,87)(H,68,88)(H,69,77)(H,70,78)(H,71,84)(H,72,83)/t45-,46-,47-,48-/m0/s1. The van der Waals surface area contributed by atoms with Gasteiger partial charge in [0.2, 0.25) is 60.6 Å². The Balaban J connectivity index is 1.49. The SMILES string of the molecule is O=CC(=O)NCCCC[C@@H]1NC(=O)CNC(=O)[C@H](CCCCNC(=O)C=O)NC(=O)c2ccc3cccc(c3c2)CNC(=O)[C@H](CCCCNC(=O)C=O)NC(=O)CNC(=O)[C@H](CCCCNC(=O)C=O)NC(=O)c2ccc3cccc(c3c2)CNC1=O. The van der Waals surface area contributed by atoms with E-state index in [4.69, 9.17) is 0 Å². The zero-order valence-electron chi connectivity index (χ0n) is 48.2. The molecular weight excluding hydrogens is 1140 g/mol. The number of amides is 12. The van der Waals surface area contributed by atoms with Crippen molar-refractivity contribution < 1.29 is 76.7 Å². The minimum absolute atomic E-state index is 0.00107. The summed E-state index contributed by atoms with van der Waals surface area (Å²) in [5.41, 5.74) is 1.23. The van der Waals surface area contributed by atoms with Crippen LogP contribution in [0.5, 0.6) is 0 Å². The van der Waals surface area contributed by atoms with Gasteiger partial charge >= 0.3 is 0 Å². The first kappa shape index (κ1) is 68.5. The van der Waals surface area contributed by atoms with E-state index in [-0.39, 0.29) is 140 Å². The molecule has 0 spiro atoms. The van der Waals surface area contributed by atoms with Crippen molar-refractivity contribution in [2.24, 2.45) is 0 Å².